The van der Waals surface area contributed by atoms with Crippen LogP contribution in [0.4, 0.5) is 0 Å². The minimum absolute atomic E-state index is 0.241. The number of sulfone groups is 1. The number of aromatic nitrogens is 3. The van der Waals surface area contributed by atoms with Crippen molar-refractivity contribution in [2.24, 2.45) is 0 Å². The van der Waals surface area contributed by atoms with Crippen LogP contribution in [0, 0.1) is 0 Å². The first-order chi connectivity index (χ1) is 13.9. The van der Waals surface area contributed by atoms with Crippen LogP contribution in [0.2, 0.25) is 5.02 Å². The lowest BCUT2D eigenvalue weighted by molar-refractivity contribution is 0.0719. The van der Waals surface area contributed by atoms with Crippen LogP contribution >= 0.6 is 11.6 Å². The van der Waals surface area contributed by atoms with Crippen molar-refractivity contribution in [2.45, 2.75) is 23.0 Å². The van der Waals surface area contributed by atoms with Gasteiger partial charge >= 0.3 is 0 Å². The van der Waals surface area contributed by atoms with E-state index in [0.717, 1.165) is 5.69 Å². The third kappa shape index (κ3) is 4.04. The molecule has 1 aliphatic heterocycles. The number of hydrogen-bond acceptors (Lipinski definition) is 5. The molecule has 0 N–H and O–H groups in total. The molecule has 29 heavy (non-hydrogen) atoms. The van der Waals surface area contributed by atoms with Crippen molar-refractivity contribution in [2.75, 3.05) is 13.1 Å². The van der Waals surface area contributed by atoms with Gasteiger partial charge in [0.05, 0.1) is 22.0 Å². The summed E-state index contributed by atoms with van der Waals surface area (Å²) in [5, 5.41) is 8.39. The number of para-hydroxylation sites is 1. The molecule has 150 valence electrons. The monoisotopic (exact) mass is 430 g/mol. The first kappa shape index (κ1) is 19.6. The lowest BCUT2D eigenvalue weighted by atomic mass is 10.1. The van der Waals surface area contributed by atoms with Crippen LogP contribution in [-0.2, 0) is 9.84 Å². The summed E-state index contributed by atoms with van der Waals surface area (Å²) in [5.41, 5.74) is 1.01. The molecule has 9 heteroatoms. The van der Waals surface area contributed by atoms with Crippen molar-refractivity contribution in [3.8, 4) is 5.69 Å². The van der Waals surface area contributed by atoms with E-state index in [4.69, 9.17) is 11.6 Å². The predicted octanol–water partition coefficient (Wildman–Crippen LogP) is 3.00. The normalized spacial score (nSPS) is 15.4. The minimum Gasteiger partial charge on any atom is -0.337 e. The number of carbonyl (C=O) groups excluding carboxylic acids is 1. The van der Waals surface area contributed by atoms with Crippen LogP contribution in [0.25, 0.3) is 5.69 Å². The molecule has 2 heterocycles. The molecule has 1 amide bonds. The topological polar surface area (TPSA) is 85.2 Å². The van der Waals surface area contributed by atoms with E-state index in [1.54, 1.807) is 17.0 Å². The van der Waals surface area contributed by atoms with Gasteiger partial charge in [-0.25, -0.2) is 8.42 Å². The zero-order valence-electron chi connectivity index (χ0n) is 15.5. The molecule has 3 aromatic rings. The Bertz CT molecular complexity index is 1110. The average molecular weight is 431 g/mol. The number of hydrogen-bond donors (Lipinski definition) is 0. The second kappa shape index (κ2) is 7.96. The quantitative estimate of drug-likeness (QED) is 0.635. The molecule has 1 aliphatic rings. The van der Waals surface area contributed by atoms with Gasteiger partial charge in [-0.3, -0.25) is 4.79 Å². The fraction of sp³-hybridized carbons (Fsp3) is 0.250. The highest BCUT2D eigenvalue weighted by atomic mass is 35.5. The van der Waals surface area contributed by atoms with Crippen LogP contribution in [0.15, 0.2) is 65.7 Å². The Morgan fingerprint density at radius 3 is 2.31 bits per heavy atom. The molecule has 1 fully saturated rings. The van der Waals surface area contributed by atoms with Crippen molar-refractivity contribution in [1.29, 1.82) is 0 Å². The van der Waals surface area contributed by atoms with Crippen LogP contribution in [-0.4, -0.2) is 52.6 Å². The minimum atomic E-state index is -3.45. The number of rotatable bonds is 4. The highest BCUT2D eigenvalue weighted by Gasteiger charge is 2.33. The largest absolute Gasteiger partial charge is 0.337 e. The fourth-order valence-corrected chi connectivity index (χ4v) is 5.25. The Morgan fingerprint density at radius 1 is 1.00 bits per heavy atom. The molecule has 2 aromatic carbocycles. The zero-order valence-corrected chi connectivity index (χ0v) is 17.1. The van der Waals surface area contributed by atoms with Gasteiger partial charge < -0.3 is 4.90 Å². The molecule has 7 nitrogen and oxygen atoms in total. The van der Waals surface area contributed by atoms with E-state index in [1.165, 1.54) is 23.1 Å². The number of nitrogens with zero attached hydrogens (tertiary/aromatic N) is 4. The third-order valence-corrected chi connectivity index (χ3v) is 7.54. The molecule has 4 rings (SSSR count). The standard InChI is InChI=1S/C20H19ClN4O3S/c21-15-6-8-17(9-7-15)29(27,28)18-10-12-24(13-11-18)20(26)19-14-22-25(23-19)16-4-2-1-3-5-16/h1-9,14,18H,10-13H2. The summed E-state index contributed by atoms with van der Waals surface area (Å²) >= 11 is 5.85. The molecule has 0 atom stereocenters. The van der Waals surface area contributed by atoms with Crippen molar-refractivity contribution in [3.63, 3.8) is 0 Å². The molecular weight excluding hydrogens is 412 g/mol. The molecule has 0 unspecified atom stereocenters. The lowest BCUT2D eigenvalue weighted by Gasteiger charge is -2.31. The summed E-state index contributed by atoms with van der Waals surface area (Å²) in [5.74, 6) is -0.241. The van der Waals surface area contributed by atoms with E-state index < -0.39 is 15.1 Å². The van der Waals surface area contributed by atoms with Crippen molar-refractivity contribution < 1.29 is 13.2 Å². The van der Waals surface area contributed by atoms with Crippen LogP contribution in [0.5, 0.6) is 0 Å². The van der Waals surface area contributed by atoms with E-state index >= 15 is 0 Å². The number of halogens is 1. The van der Waals surface area contributed by atoms with Crippen LogP contribution in [0.3, 0.4) is 0 Å². The lowest BCUT2D eigenvalue weighted by Crippen LogP contribution is -2.42. The maximum absolute atomic E-state index is 12.8. The Labute approximate surface area is 173 Å². The Hall–Kier alpha value is -2.71. The molecule has 1 aromatic heterocycles. The van der Waals surface area contributed by atoms with Gasteiger partial charge in [-0.05, 0) is 49.2 Å². The number of amides is 1. The molecule has 0 spiro atoms. The second-order valence-electron chi connectivity index (χ2n) is 6.85. The second-order valence-corrected chi connectivity index (χ2v) is 9.51. The Kier molecular flexibility index (Phi) is 5.38. The predicted molar refractivity (Wildman–Crippen MR) is 109 cm³/mol. The van der Waals surface area contributed by atoms with Crippen molar-refractivity contribution >= 4 is 27.3 Å². The summed E-state index contributed by atoms with van der Waals surface area (Å²) in [6, 6.07) is 15.5. The average Bonchev–Trinajstić information content (AvgIpc) is 3.24. The number of piperidine rings is 1. The summed E-state index contributed by atoms with van der Waals surface area (Å²) in [4.78, 5) is 16.1. The summed E-state index contributed by atoms with van der Waals surface area (Å²) < 4.78 is 25.7. The van der Waals surface area contributed by atoms with Gasteiger partial charge in [0.15, 0.2) is 15.5 Å². The van der Waals surface area contributed by atoms with Crippen molar-refractivity contribution in [1.82, 2.24) is 19.9 Å². The van der Waals surface area contributed by atoms with Gasteiger partial charge in [0, 0.05) is 18.1 Å². The SMILES string of the molecule is O=C(c1cnn(-c2ccccc2)n1)N1CCC(S(=O)(=O)c2ccc(Cl)cc2)CC1. The number of benzene rings is 2. The van der Waals surface area contributed by atoms with E-state index in [-0.39, 0.29) is 16.5 Å². The van der Waals surface area contributed by atoms with E-state index in [9.17, 15) is 13.2 Å². The Balaban J connectivity index is 1.42. The molecule has 0 aliphatic carbocycles. The number of likely N-dealkylation sites (tertiary alicyclic amines) is 1. The summed E-state index contributed by atoms with van der Waals surface area (Å²) in [6.07, 6.45) is 2.19. The first-order valence-corrected chi connectivity index (χ1v) is 11.1. The van der Waals surface area contributed by atoms with Crippen LogP contribution in [0.1, 0.15) is 23.3 Å². The highest BCUT2D eigenvalue weighted by Crippen LogP contribution is 2.26. The maximum Gasteiger partial charge on any atom is 0.276 e. The fourth-order valence-electron chi connectivity index (χ4n) is 3.39. The maximum atomic E-state index is 12.8. The molecule has 1 saturated heterocycles. The van der Waals surface area contributed by atoms with Crippen LogP contribution < -0.4 is 0 Å². The van der Waals surface area contributed by atoms with Gasteiger partial charge in [-0.15, -0.1) is 5.10 Å². The molecule has 0 saturated carbocycles. The first-order valence-electron chi connectivity index (χ1n) is 9.21. The summed E-state index contributed by atoms with van der Waals surface area (Å²) in [7, 11) is -3.45. The molecule has 0 radical (unpaired) electrons. The molecular formula is C20H19ClN4O3S. The van der Waals surface area contributed by atoms with Gasteiger partial charge in [0.2, 0.25) is 0 Å². The Morgan fingerprint density at radius 2 is 1.66 bits per heavy atom. The van der Waals surface area contributed by atoms with E-state index in [0.29, 0.717) is 31.0 Å². The van der Waals surface area contributed by atoms with Gasteiger partial charge in [0.1, 0.15) is 0 Å². The van der Waals surface area contributed by atoms with Gasteiger partial charge in [-0.1, -0.05) is 29.8 Å². The molecule has 0 bridgehead atoms. The van der Waals surface area contributed by atoms with Gasteiger partial charge in [0.25, 0.3) is 5.91 Å². The van der Waals surface area contributed by atoms with E-state index in [2.05, 4.69) is 10.2 Å². The number of carbonyl (C=O) groups is 1. The smallest absolute Gasteiger partial charge is 0.276 e. The van der Waals surface area contributed by atoms with E-state index in [1.807, 2.05) is 30.3 Å². The highest BCUT2D eigenvalue weighted by molar-refractivity contribution is 7.92. The van der Waals surface area contributed by atoms with Crippen molar-refractivity contribution in [3.05, 3.63) is 71.5 Å². The zero-order chi connectivity index (χ0) is 20.4. The third-order valence-electron chi connectivity index (χ3n) is 5.01. The van der Waals surface area contributed by atoms with Gasteiger partial charge in [-0.2, -0.15) is 9.90 Å². The summed E-state index contributed by atoms with van der Waals surface area (Å²) in [6.45, 7) is 0.711.